The molecule has 0 unspecified atom stereocenters. The van der Waals surface area contributed by atoms with E-state index in [-0.39, 0.29) is 5.91 Å². The van der Waals surface area contributed by atoms with E-state index in [1.54, 1.807) is 0 Å². The third kappa shape index (κ3) is 3.00. The molecule has 0 aliphatic carbocycles. The van der Waals surface area contributed by atoms with Crippen LogP contribution in [0, 0.1) is 6.92 Å². The van der Waals surface area contributed by atoms with Gasteiger partial charge in [-0.1, -0.05) is 34.1 Å². The number of hydrogen-bond donors (Lipinski definition) is 1. The van der Waals surface area contributed by atoms with Gasteiger partial charge in [-0.25, -0.2) is 0 Å². The van der Waals surface area contributed by atoms with Crippen molar-refractivity contribution in [2.24, 2.45) is 0 Å². The number of rotatable bonds is 3. The van der Waals surface area contributed by atoms with Crippen LogP contribution in [-0.2, 0) is 11.3 Å². The van der Waals surface area contributed by atoms with Crippen molar-refractivity contribution >= 4 is 38.4 Å². The average Bonchev–Trinajstić information content (AvgIpc) is 2.83. The minimum atomic E-state index is -0.0296. The molecular formula is C17H15BrN2O. The van der Waals surface area contributed by atoms with E-state index < -0.39 is 0 Å². The largest absolute Gasteiger partial charge is 0.338 e. The van der Waals surface area contributed by atoms with Crippen LogP contribution in [0.25, 0.3) is 10.9 Å². The minimum Gasteiger partial charge on any atom is -0.338 e. The van der Waals surface area contributed by atoms with Gasteiger partial charge in [0.05, 0.1) is 0 Å². The zero-order valence-electron chi connectivity index (χ0n) is 11.6. The summed E-state index contributed by atoms with van der Waals surface area (Å²) in [7, 11) is 0. The minimum absolute atomic E-state index is 0.0296. The maximum atomic E-state index is 12.2. The summed E-state index contributed by atoms with van der Waals surface area (Å²) in [5.41, 5.74) is 3.00. The van der Waals surface area contributed by atoms with Crippen molar-refractivity contribution < 1.29 is 4.79 Å². The molecule has 3 nitrogen and oxygen atoms in total. The quantitative estimate of drug-likeness (QED) is 0.754. The van der Waals surface area contributed by atoms with Gasteiger partial charge >= 0.3 is 0 Å². The SMILES string of the molecule is Cc1cccc(NC(=O)Cn2ccc3c(Br)cccc32)c1. The van der Waals surface area contributed by atoms with Gasteiger partial charge < -0.3 is 9.88 Å². The Labute approximate surface area is 131 Å². The lowest BCUT2D eigenvalue weighted by atomic mass is 10.2. The van der Waals surface area contributed by atoms with Gasteiger partial charge in [0.2, 0.25) is 5.91 Å². The van der Waals surface area contributed by atoms with Crippen LogP contribution >= 0.6 is 15.9 Å². The molecule has 3 aromatic rings. The number of nitrogens with zero attached hydrogens (tertiary/aromatic N) is 1. The lowest BCUT2D eigenvalue weighted by Crippen LogP contribution is -2.18. The molecule has 0 aliphatic heterocycles. The number of fused-ring (bicyclic) bond motifs is 1. The number of hydrogen-bond acceptors (Lipinski definition) is 1. The fourth-order valence-electron chi connectivity index (χ4n) is 2.40. The molecule has 1 N–H and O–H groups in total. The first-order valence-corrected chi connectivity index (χ1v) is 7.53. The molecule has 1 aromatic heterocycles. The van der Waals surface area contributed by atoms with Gasteiger partial charge in [-0.15, -0.1) is 0 Å². The number of benzene rings is 2. The molecule has 0 atom stereocenters. The molecule has 4 heteroatoms. The monoisotopic (exact) mass is 342 g/mol. The molecular weight excluding hydrogens is 328 g/mol. The summed E-state index contributed by atoms with van der Waals surface area (Å²) in [6.07, 6.45) is 1.94. The smallest absolute Gasteiger partial charge is 0.244 e. The van der Waals surface area contributed by atoms with Crippen molar-refractivity contribution in [3.05, 3.63) is 64.8 Å². The van der Waals surface area contributed by atoms with Crippen LogP contribution in [0.4, 0.5) is 5.69 Å². The van der Waals surface area contributed by atoms with E-state index in [9.17, 15) is 4.79 Å². The standard InChI is InChI=1S/C17H15BrN2O/c1-12-4-2-5-13(10-12)19-17(21)11-20-9-8-14-15(18)6-3-7-16(14)20/h2-10H,11H2,1H3,(H,19,21). The molecule has 1 heterocycles. The Bertz CT molecular complexity index is 807. The highest BCUT2D eigenvalue weighted by atomic mass is 79.9. The first-order valence-electron chi connectivity index (χ1n) is 6.73. The molecule has 0 aliphatic rings. The molecule has 2 aromatic carbocycles. The highest BCUT2D eigenvalue weighted by Crippen LogP contribution is 2.24. The lowest BCUT2D eigenvalue weighted by molar-refractivity contribution is -0.116. The first-order chi connectivity index (χ1) is 10.1. The predicted octanol–water partition coefficient (Wildman–Crippen LogP) is 4.35. The maximum Gasteiger partial charge on any atom is 0.244 e. The summed E-state index contributed by atoms with van der Waals surface area (Å²) in [6.45, 7) is 2.31. The molecule has 106 valence electrons. The zero-order valence-corrected chi connectivity index (χ0v) is 13.2. The summed E-state index contributed by atoms with van der Waals surface area (Å²) >= 11 is 3.52. The topological polar surface area (TPSA) is 34.0 Å². The normalized spacial score (nSPS) is 10.8. The first kappa shape index (κ1) is 13.9. The number of carbonyl (C=O) groups is 1. The van der Waals surface area contributed by atoms with Gasteiger partial charge in [0.1, 0.15) is 6.54 Å². The second-order valence-corrected chi connectivity index (χ2v) is 5.89. The van der Waals surface area contributed by atoms with Crippen LogP contribution < -0.4 is 5.32 Å². The Kier molecular flexibility index (Phi) is 3.80. The number of carbonyl (C=O) groups excluding carboxylic acids is 1. The maximum absolute atomic E-state index is 12.2. The van der Waals surface area contributed by atoms with Gasteiger partial charge in [0.25, 0.3) is 0 Å². The molecule has 21 heavy (non-hydrogen) atoms. The highest BCUT2D eigenvalue weighted by Gasteiger charge is 2.08. The van der Waals surface area contributed by atoms with Crippen molar-refractivity contribution in [1.82, 2.24) is 4.57 Å². The van der Waals surface area contributed by atoms with Crippen molar-refractivity contribution in [1.29, 1.82) is 0 Å². The van der Waals surface area contributed by atoms with E-state index in [1.165, 1.54) is 0 Å². The fourth-order valence-corrected chi connectivity index (χ4v) is 2.89. The summed E-state index contributed by atoms with van der Waals surface area (Å²) < 4.78 is 2.99. The van der Waals surface area contributed by atoms with Crippen LogP contribution in [0.15, 0.2) is 59.2 Å². The molecule has 0 spiro atoms. The Hall–Kier alpha value is -2.07. The van der Waals surface area contributed by atoms with Crippen molar-refractivity contribution in [3.8, 4) is 0 Å². The molecule has 0 bridgehead atoms. The predicted molar refractivity (Wildman–Crippen MR) is 89.4 cm³/mol. The van der Waals surface area contributed by atoms with E-state index in [1.807, 2.05) is 66.2 Å². The van der Waals surface area contributed by atoms with Gasteiger partial charge in [0, 0.05) is 27.3 Å². The second kappa shape index (κ2) is 5.74. The second-order valence-electron chi connectivity index (χ2n) is 5.03. The molecule has 0 radical (unpaired) electrons. The number of nitrogens with one attached hydrogen (secondary N) is 1. The van der Waals surface area contributed by atoms with Gasteiger partial charge in [-0.2, -0.15) is 0 Å². The molecule has 0 saturated heterocycles. The van der Waals surface area contributed by atoms with Crippen LogP contribution in [0.5, 0.6) is 0 Å². The van der Waals surface area contributed by atoms with Crippen molar-refractivity contribution in [2.75, 3.05) is 5.32 Å². The average molecular weight is 343 g/mol. The summed E-state index contributed by atoms with van der Waals surface area (Å²) in [4.78, 5) is 12.2. The molecule has 3 rings (SSSR count). The third-order valence-corrected chi connectivity index (χ3v) is 4.07. The Morgan fingerprint density at radius 2 is 2.00 bits per heavy atom. The van der Waals surface area contributed by atoms with Crippen LogP contribution in [-0.4, -0.2) is 10.5 Å². The Morgan fingerprint density at radius 1 is 1.19 bits per heavy atom. The van der Waals surface area contributed by atoms with E-state index in [0.717, 1.165) is 26.6 Å². The van der Waals surface area contributed by atoms with Crippen LogP contribution in [0.2, 0.25) is 0 Å². The molecule has 0 fully saturated rings. The van der Waals surface area contributed by atoms with E-state index in [4.69, 9.17) is 0 Å². The molecule has 0 saturated carbocycles. The van der Waals surface area contributed by atoms with Gasteiger partial charge in [-0.3, -0.25) is 4.79 Å². The van der Waals surface area contributed by atoms with Crippen molar-refractivity contribution in [3.63, 3.8) is 0 Å². The van der Waals surface area contributed by atoms with Crippen LogP contribution in [0.1, 0.15) is 5.56 Å². The third-order valence-electron chi connectivity index (χ3n) is 3.38. The van der Waals surface area contributed by atoms with E-state index >= 15 is 0 Å². The van der Waals surface area contributed by atoms with E-state index in [2.05, 4.69) is 21.2 Å². The van der Waals surface area contributed by atoms with Gasteiger partial charge in [0.15, 0.2) is 0 Å². The number of aryl methyl sites for hydroxylation is 1. The number of amides is 1. The lowest BCUT2D eigenvalue weighted by Gasteiger charge is -2.08. The van der Waals surface area contributed by atoms with E-state index in [0.29, 0.717) is 6.54 Å². The Balaban J connectivity index is 1.79. The van der Waals surface area contributed by atoms with Gasteiger partial charge in [-0.05, 0) is 42.8 Å². The number of halogens is 1. The summed E-state index contributed by atoms with van der Waals surface area (Å²) in [5, 5.41) is 4.04. The Morgan fingerprint density at radius 3 is 2.81 bits per heavy atom. The number of anilines is 1. The number of aromatic nitrogens is 1. The summed E-state index contributed by atoms with van der Waals surface area (Å²) in [5.74, 6) is -0.0296. The van der Waals surface area contributed by atoms with Crippen LogP contribution in [0.3, 0.4) is 0 Å². The summed E-state index contributed by atoms with van der Waals surface area (Å²) in [6, 6.07) is 15.8. The zero-order chi connectivity index (χ0) is 14.8. The molecule has 1 amide bonds. The fraction of sp³-hybridized carbons (Fsp3) is 0.118. The highest BCUT2D eigenvalue weighted by molar-refractivity contribution is 9.10. The van der Waals surface area contributed by atoms with Crippen molar-refractivity contribution in [2.45, 2.75) is 13.5 Å².